The van der Waals surface area contributed by atoms with Gasteiger partial charge in [-0.15, -0.1) is 11.3 Å². The summed E-state index contributed by atoms with van der Waals surface area (Å²) in [4.78, 5) is 9.42. The number of aliphatic imine (C=N–C) groups is 1. The van der Waals surface area contributed by atoms with Gasteiger partial charge < -0.3 is 15.4 Å². The molecule has 170 valence electrons. The molecule has 0 radical (unpaired) electrons. The van der Waals surface area contributed by atoms with Crippen LogP contribution < -0.4 is 20.5 Å². The number of nitrogens with zero attached hydrogens (tertiary/aromatic N) is 2. The Balaban J connectivity index is 1.51. The van der Waals surface area contributed by atoms with Gasteiger partial charge in [0.25, 0.3) is 0 Å². The average Bonchev–Trinajstić information content (AvgIpc) is 3.23. The van der Waals surface area contributed by atoms with E-state index in [1.54, 1.807) is 6.07 Å². The number of benzene rings is 1. The first-order valence-electron chi connectivity index (χ1n) is 10.5. The minimum absolute atomic E-state index is 0.00765. The molecule has 1 unspecified atom stereocenters. The predicted octanol–water partition coefficient (Wildman–Crippen LogP) is 3.47. The molecule has 2 aliphatic heterocycles. The number of nitrogens with two attached hydrogens (primary N) is 1. The first-order chi connectivity index (χ1) is 15.3. The zero-order valence-corrected chi connectivity index (χ0v) is 19.7. The van der Waals surface area contributed by atoms with Gasteiger partial charge in [-0.1, -0.05) is 12.2 Å². The molecule has 1 aromatic carbocycles. The molecule has 2 aliphatic rings. The fourth-order valence-electron chi connectivity index (χ4n) is 3.60. The molecule has 1 aromatic heterocycles. The number of allylic oxidation sites excluding steroid dienone is 1. The number of anilines is 2. The van der Waals surface area contributed by atoms with Crippen LogP contribution in [0.5, 0.6) is 5.75 Å². The highest BCUT2D eigenvalue weighted by atomic mass is 32.2. The number of ether oxygens (including phenoxy) is 1. The molecule has 0 fully saturated rings. The van der Waals surface area contributed by atoms with Crippen LogP contribution in [0.15, 0.2) is 51.2 Å². The highest BCUT2D eigenvalue weighted by Crippen LogP contribution is 2.33. The van der Waals surface area contributed by atoms with Crippen molar-refractivity contribution in [1.82, 2.24) is 10.3 Å². The first-order valence-corrected chi connectivity index (χ1v) is 12.9. The third-order valence-corrected chi connectivity index (χ3v) is 6.83. The SMILES string of the molecule is CC(C)Oc1ccc(S(N)(=O)=O)cc1Nc1nc(C2=CCC(C3=CCNCC3)N=C2)cs1. The minimum atomic E-state index is -3.84. The van der Waals surface area contributed by atoms with Crippen molar-refractivity contribution < 1.29 is 13.2 Å². The van der Waals surface area contributed by atoms with E-state index in [0.29, 0.717) is 16.6 Å². The van der Waals surface area contributed by atoms with Crippen LogP contribution in [-0.2, 0) is 10.0 Å². The van der Waals surface area contributed by atoms with Gasteiger partial charge >= 0.3 is 0 Å². The second kappa shape index (κ2) is 9.53. The maximum atomic E-state index is 11.8. The van der Waals surface area contributed by atoms with Gasteiger partial charge in [0.2, 0.25) is 10.0 Å². The summed E-state index contributed by atoms with van der Waals surface area (Å²) in [5.74, 6) is 0.528. The van der Waals surface area contributed by atoms with Gasteiger partial charge in [0.15, 0.2) is 5.13 Å². The molecule has 32 heavy (non-hydrogen) atoms. The second-order valence-electron chi connectivity index (χ2n) is 7.95. The van der Waals surface area contributed by atoms with E-state index in [-0.39, 0.29) is 17.0 Å². The zero-order chi connectivity index (χ0) is 22.7. The van der Waals surface area contributed by atoms with E-state index < -0.39 is 10.0 Å². The lowest BCUT2D eigenvalue weighted by atomic mass is 9.95. The molecule has 0 bridgehead atoms. The molecular weight excluding hydrogens is 446 g/mol. The van der Waals surface area contributed by atoms with Gasteiger partial charge in [-0.25, -0.2) is 18.5 Å². The van der Waals surface area contributed by atoms with Crippen LogP contribution in [0, 0.1) is 0 Å². The number of rotatable bonds is 7. The fourth-order valence-corrected chi connectivity index (χ4v) is 4.87. The lowest BCUT2D eigenvalue weighted by molar-refractivity contribution is 0.243. The number of sulfonamides is 1. The summed E-state index contributed by atoms with van der Waals surface area (Å²) in [6.07, 6.45) is 8.13. The molecular formula is C22H27N5O3S2. The molecule has 0 amide bonds. The topological polar surface area (TPSA) is 119 Å². The number of thiazole rings is 1. The van der Waals surface area contributed by atoms with E-state index in [4.69, 9.17) is 14.9 Å². The summed E-state index contributed by atoms with van der Waals surface area (Å²) in [6.45, 7) is 5.72. The summed E-state index contributed by atoms with van der Waals surface area (Å²) in [5.41, 5.74) is 3.70. The van der Waals surface area contributed by atoms with Crippen LogP contribution >= 0.6 is 11.3 Å². The largest absolute Gasteiger partial charge is 0.489 e. The van der Waals surface area contributed by atoms with Crippen molar-refractivity contribution in [2.75, 3.05) is 18.4 Å². The predicted molar refractivity (Wildman–Crippen MR) is 129 cm³/mol. The Morgan fingerprint density at radius 3 is 2.81 bits per heavy atom. The van der Waals surface area contributed by atoms with Gasteiger partial charge in [0.05, 0.1) is 28.4 Å². The lowest BCUT2D eigenvalue weighted by Crippen LogP contribution is -2.25. The molecule has 1 atom stereocenters. The van der Waals surface area contributed by atoms with Crippen molar-refractivity contribution in [3.63, 3.8) is 0 Å². The van der Waals surface area contributed by atoms with Crippen LogP contribution in [0.4, 0.5) is 10.8 Å². The summed E-state index contributed by atoms with van der Waals surface area (Å²) < 4.78 is 29.4. The molecule has 0 saturated heterocycles. The molecule has 0 spiro atoms. The van der Waals surface area contributed by atoms with Crippen LogP contribution in [0.1, 0.15) is 32.4 Å². The van der Waals surface area contributed by atoms with Crippen molar-refractivity contribution in [3.05, 3.63) is 47.0 Å². The van der Waals surface area contributed by atoms with E-state index in [0.717, 1.165) is 37.2 Å². The van der Waals surface area contributed by atoms with Crippen molar-refractivity contribution in [2.45, 2.75) is 43.7 Å². The Morgan fingerprint density at radius 2 is 2.16 bits per heavy atom. The summed E-state index contributed by atoms with van der Waals surface area (Å²) >= 11 is 1.43. The van der Waals surface area contributed by atoms with E-state index in [1.807, 2.05) is 25.4 Å². The highest BCUT2D eigenvalue weighted by Gasteiger charge is 2.19. The summed E-state index contributed by atoms with van der Waals surface area (Å²) in [6, 6.07) is 4.71. The molecule has 2 aromatic rings. The van der Waals surface area contributed by atoms with E-state index in [2.05, 4.69) is 27.8 Å². The van der Waals surface area contributed by atoms with Crippen molar-refractivity contribution in [3.8, 4) is 5.75 Å². The van der Waals surface area contributed by atoms with Gasteiger partial charge in [0.1, 0.15) is 5.75 Å². The number of aromatic nitrogens is 1. The van der Waals surface area contributed by atoms with Gasteiger partial charge in [-0.05, 0) is 57.0 Å². The standard InChI is InChI=1S/C22H27N5O3S2/c1-14(2)30-21-6-4-17(32(23,28)29)11-19(21)26-22-27-20(13-31-22)16-3-5-18(25-12-16)15-7-9-24-10-8-15/h3-4,6-7,11-14,18,24H,5,8-10H2,1-2H3,(H,26,27)(H2,23,28,29). The molecule has 4 N–H and O–H groups in total. The average molecular weight is 474 g/mol. The second-order valence-corrected chi connectivity index (χ2v) is 10.4. The Bertz CT molecular complexity index is 1180. The van der Waals surface area contributed by atoms with E-state index >= 15 is 0 Å². The fraction of sp³-hybridized carbons (Fsp3) is 0.364. The van der Waals surface area contributed by atoms with Crippen molar-refractivity contribution >= 4 is 44.0 Å². The van der Waals surface area contributed by atoms with Crippen LogP contribution in [0.3, 0.4) is 0 Å². The lowest BCUT2D eigenvalue weighted by Gasteiger charge is -2.22. The quantitative estimate of drug-likeness (QED) is 0.530. The highest BCUT2D eigenvalue weighted by molar-refractivity contribution is 7.89. The minimum Gasteiger partial charge on any atom is -0.489 e. The third kappa shape index (κ3) is 5.44. The Kier molecular flexibility index (Phi) is 6.75. The zero-order valence-electron chi connectivity index (χ0n) is 18.0. The Hall–Kier alpha value is -2.53. The number of dihydropyridines is 1. The third-order valence-electron chi connectivity index (χ3n) is 5.17. The smallest absolute Gasteiger partial charge is 0.238 e. The van der Waals surface area contributed by atoms with Crippen LogP contribution in [0.2, 0.25) is 0 Å². The van der Waals surface area contributed by atoms with Crippen LogP contribution in [0.25, 0.3) is 5.57 Å². The molecule has 4 rings (SSSR count). The molecule has 0 saturated carbocycles. The van der Waals surface area contributed by atoms with Gasteiger partial charge in [-0.2, -0.15) is 0 Å². The first kappa shape index (κ1) is 22.7. The maximum absolute atomic E-state index is 11.8. The Labute approximate surface area is 192 Å². The molecule has 10 heteroatoms. The van der Waals surface area contributed by atoms with E-state index in [9.17, 15) is 8.42 Å². The Morgan fingerprint density at radius 1 is 1.31 bits per heavy atom. The van der Waals surface area contributed by atoms with E-state index in [1.165, 1.54) is 29.0 Å². The monoisotopic (exact) mass is 473 g/mol. The summed E-state index contributed by atoms with van der Waals surface area (Å²) in [7, 11) is -3.84. The summed E-state index contributed by atoms with van der Waals surface area (Å²) in [5, 5.41) is 14.4. The van der Waals surface area contributed by atoms with Gasteiger partial charge in [-0.3, -0.25) is 4.99 Å². The van der Waals surface area contributed by atoms with Crippen LogP contribution in [-0.4, -0.2) is 44.9 Å². The van der Waals surface area contributed by atoms with Gasteiger partial charge in [0, 0.05) is 23.7 Å². The molecule has 3 heterocycles. The maximum Gasteiger partial charge on any atom is 0.238 e. The number of nitrogens with one attached hydrogen (secondary N) is 2. The molecule has 8 nitrogen and oxygen atoms in total. The normalized spacial score (nSPS) is 18.9. The molecule has 0 aliphatic carbocycles. The number of hydrogen-bond acceptors (Lipinski definition) is 8. The van der Waals surface area contributed by atoms with Crippen molar-refractivity contribution in [1.29, 1.82) is 0 Å². The number of primary sulfonamides is 1. The number of hydrogen-bond donors (Lipinski definition) is 3. The van der Waals surface area contributed by atoms with Crippen molar-refractivity contribution in [2.24, 2.45) is 10.1 Å².